The van der Waals surface area contributed by atoms with Gasteiger partial charge in [0, 0.05) is 22.4 Å². The maximum absolute atomic E-state index is 2.42. The minimum Gasteiger partial charge on any atom is -0.310 e. The average Bonchev–Trinajstić information content (AvgIpc) is 3.57. The van der Waals surface area contributed by atoms with Crippen molar-refractivity contribution in [2.24, 2.45) is 0 Å². The van der Waals surface area contributed by atoms with E-state index in [0.29, 0.717) is 0 Å². The van der Waals surface area contributed by atoms with Crippen LogP contribution in [0.25, 0.3) is 77.5 Å². The zero-order chi connectivity index (χ0) is 41.6. The second-order valence-corrected chi connectivity index (χ2v) is 16.9. The van der Waals surface area contributed by atoms with Gasteiger partial charge in [-0.2, -0.15) is 0 Å². The van der Waals surface area contributed by atoms with Gasteiger partial charge in [-0.05, 0) is 126 Å². The number of hydrogen-bond donors (Lipinski definition) is 0. The number of anilines is 3. The van der Waals surface area contributed by atoms with E-state index < -0.39 is 0 Å². The summed E-state index contributed by atoms with van der Waals surface area (Å²) < 4.78 is 0. The molecule has 0 bridgehead atoms. The first kappa shape index (κ1) is 37.3. The predicted molar refractivity (Wildman–Crippen MR) is 263 cm³/mol. The van der Waals surface area contributed by atoms with Crippen LogP contribution in [-0.2, 0) is 5.41 Å². The van der Waals surface area contributed by atoms with E-state index in [9.17, 15) is 0 Å². The normalized spacial score (nSPS) is 12.5. The topological polar surface area (TPSA) is 3.24 Å². The summed E-state index contributed by atoms with van der Waals surface area (Å²) in [5, 5.41) is 2.51. The molecule has 0 amide bonds. The number of fused-ring (bicyclic) bond motifs is 4. The Morgan fingerprint density at radius 3 is 1.65 bits per heavy atom. The van der Waals surface area contributed by atoms with Crippen molar-refractivity contribution in [1.82, 2.24) is 0 Å². The van der Waals surface area contributed by atoms with Crippen molar-refractivity contribution in [3.8, 4) is 66.8 Å². The first-order valence-electron chi connectivity index (χ1n) is 21.6. The van der Waals surface area contributed by atoms with Gasteiger partial charge in [-0.25, -0.2) is 0 Å². The Kier molecular flexibility index (Phi) is 9.24. The predicted octanol–water partition coefficient (Wildman–Crippen LogP) is 17.0. The third kappa shape index (κ3) is 6.60. The lowest BCUT2D eigenvalue weighted by Gasteiger charge is -2.28. The van der Waals surface area contributed by atoms with Crippen LogP contribution in [0, 0.1) is 0 Å². The monoisotopic (exact) mass is 791 g/mol. The SMILES string of the molecule is CC1(C)c2ccccc2-c2ccc(-c3ccc(N(c4cccc(-c5cccc(-c6cccc7ccccc67)c5)c4)c4ccccc4-c4ccc(-c5ccccc5)cc4)cc3)cc21. The Labute approximate surface area is 364 Å². The van der Waals surface area contributed by atoms with E-state index in [2.05, 4.69) is 255 Å². The fraction of sp³-hybridized carbons (Fsp3) is 0.0492. The van der Waals surface area contributed by atoms with Gasteiger partial charge >= 0.3 is 0 Å². The quantitative estimate of drug-likeness (QED) is 0.148. The zero-order valence-electron chi connectivity index (χ0n) is 35.0. The average molecular weight is 792 g/mol. The van der Waals surface area contributed by atoms with Crippen LogP contribution in [0.3, 0.4) is 0 Å². The smallest absolute Gasteiger partial charge is 0.0540 e. The molecule has 0 aromatic heterocycles. The van der Waals surface area contributed by atoms with Gasteiger partial charge in [0.2, 0.25) is 0 Å². The van der Waals surface area contributed by atoms with Crippen molar-refractivity contribution in [3.05, 3.63) is 248 Å². The Morgan fingerprint density at radius 2 is 0.806 bits per heavy atom. The molecular weight excluding hydrogens is 747 g/mol. The highest BCUT2D eigenvalue weighted by Crippen LogP contribution is 2.50. The molecule has 0 fully saturated rings. The maximum atomic E-state index is 2.42. The maximum Gasteiger partial charge on any atom is 0.0540 e. The highest BCUT2D eigenvalue weighted by atomic mass is 15.1. The van der Waals surface area contributed by atoms with Crippen molar-refractivity contribution in [1.29, 1.82) is 0 Å². The van der Waals surface area contributed by atoms with Crippen LogP contribution in [0.1, 0.15) is 25.0 Å². The third-order valence-electron chi connectivity index (χ3n) is 12.9. The minimum absolute atomic E-state index is 0.0545. The molecule has 10 aromatic carbocycles. The molecule has 62 heavy (non-hydrogen) atoms. The van der Waals surface area contributed by atoms with Gasteiger partial charge in [-0.15, -0.1) is 0 Å². The fourth-order valence-electron chi connectivity index (χ4n) is 9.67. The molecule has 10 aromatic rings. The van der Waals surface area contributed by atoms with Crippen LogP contribution in [0.4, 0.5) is 17.1 Å². The second-order valence-electron chi connectivity index (χ2n) is 16.9. The lowest BCUT2D eigenvalue weighted by molar-refractivity contribution is 0.660. The van der Waals surface area contributed by atoms with Gasteiger partial charge in [0.15, 0.2) is 0 Å². The van der Waals surface area contributed by atoms with Crippen molar-refractivity contribution in [2.75, 3.05) is 4.90 Å². The van der Waals surface area contributed by atoms with Crippen LogP contribution in [0.2, 0.25) is 0 Å². The zero-order valence-corrected chi connectivity index (χ0v) is 35.0. The molecule has 1 aliphatic rings. The largest absolute Gasteiger partial charge is 0.310 e. The first-order valence-corrected chi connectivity index (χ1v) is 21.6. The van der Waals surface area contributed by atoms with E-state index in [1.54, 1.807) is 0 Å². The van der Waals surface area contributed by atoms with E-state index in [1.165, 1.54) is 83.1 Å². The minimum atomic E-state index is -0.0545. The fourth-order valence-corrected chi connectivity index (χ4v) is 9.67. The lowest BCUT2D eigenvalue weighted by atomic mass is 9.81. The Balaban J connectivity index is 1.01. The highest BCUT2D eigenvalue weighted by molar-refractivity contribution is 5.97. The summed E-state index contributed by atoms with van der Waals surface area (Å²) in [6.07, 6.45) is 0. The molecule has 294 valence electrons. The van der Waals surface area contributed by atoms with E-state index in [0.717, 1.165) is 22.6 Å². The van der Waals surface area contributed by atoms with E-state index in [-0.39, 0.29) is 5.41 Å². The Hall–Kier alpha value is -7.74. The van der Waals surface area contributed by atoms with E-state index >= 15 is 0 Å². The molecule has 0 unspecified atom stereocenters. The molecule has 1 nitrogen and oxygen atoms in total. The van der Waals surface area contributed by atoms with Crippen molar-refractivity contribution < 1.29 is 0 Å². The van der Waals surface area contributed by atoms with E-state index in [1.807, 2.05) is 0 Å². The van der Waals surface area contributed by atoms with E-state index in [4.69, 9.17) is 0 Å². The van der Waals surface area contributed by atoms with Crippen LogP contribution < -0.4 is 4.90 Å². The molecule has 11 rings (SSSR count). The van der Waals surface area contributed by atoms with Crippen molar-refractivity contribution in [2.45, 2.75) is 19.3 Å². The molecule has 1 heteroatoms. The molecule has 0 heterocycles. The summed E-state index contributed by atoms with van der Waals surface area (Å²) >= 11 is 0. The second kappa shape index (κ2) is 15.4. The van der Waals surface area contributed by atoms with Gasteiger partial charge in [-0.3, -0.25) is 0 Å². The summed E-state index contributed by atoms with van der Waals surface area (Å²) in [6.45, 7) is 4.70. The summed E-state index contributed by atoms with van der Waals surface area (Å²) in [7, 11) is 0. The van der Waals surface area contributed by atoms with Gasteiger partial charge in [0.05, 0.1) is 5.69 Å². The van der Waals surface area contributed by atoms with Crippen LogP contribution >= 0.6 is 0 Å². The highest BCUT2D eigenvalue weighted by Gasteiger charge is 2.35. The molecule has 0 saturated carbocycles. The molecule has 0 N–H and O–H groups in total. The van der Waals surface area contributed by atoms with Crippen LogP contribution in [0.5, 0.6) is 0 Å². The number of nitrogens with zero attached hydrogens (tertiary/aromatic N) is 1. The Bertz CT molecular complexity index is 3240. The molecule has 0 atom stereocenters. The summed E-state index contributed by atoms with van der Waals surface area (Å²) in [5.41, 5.74) is 20.7. The standard InChI is InChI=1S/C61H45N/c1-61(2)58-27-10-8-25-56(58)57-38-35-49(41-59(57)61)44-33-36-51(37-34-44)62(60-28-11-9-24-55(60)46-31-29-43(30-32-46)42-15-4-3-5-16-42)52-22-13-20-48(40-52)47-19-12-21-50(39-47)54-26-14-18-45-17-6-7-23-53(45)54/h3-41H,1-2H3. The lowest BCUT2D eigenvalue weighted by Crippen LogP contribution is -2.14. The third-order valence-corrected chi connectivity index (χ3v) is 12.9. The first-order chi connectivity index (χ1) is 30.5. The van der Waals surface area contributed by atoms with Crippen molar-refractivity contribution >= 4 is 27.8 Å². The number of benzene rings is 10. The summed E-state index contributed by atoms with van der Waals surface area (Å²) in [5.74, 6) is 0. The molecular formula is C61H45N. The summed E-state index contributed by atoms with van der Waals surface area (Å²) in [6, 6.07) is 86.6. The van der Waals surface area contributed by atoms with Crippen LogP contribution in [-0.4, -0.2) is 0 Å². The Morgan fingerprint density at radius 1 is 0.290 bits per heavy atom. The molecule has 0 saturated heterocycles. The molecule has 0 radical (unpaired) electrons. The summed E-state index contributed by atoms with van der Waals surface area (Å²) in [4.78, 5) is 2.42. The molecule has 0 spiro atoms. The van der Waals surface area contributed by atoms with Crippen LogP contribution in [0.15, 0.2) is 237 Å². The van der Waals surface area contributed by atoms with Gasteiger partial charge < -0.3 is 4.90 Å². The number of hydrogen-bond acceptors (Lipinski definition) is 1. The van der Waals surface area contributed by atoms with Crippen molar-refractivity contribution in [3.63, 3.8) is 0 Å². The number of para-hydroxylation sites is 1. The number of rotatable bonds is 8. The van der Waals surface area contributed by atoms with Gasteiger partial charge in [0.25, 0.3) is 0 Å². The van der Waals surface area contributed by atoms with Gasteiger partial charge in [-0.1, -0.05) is 208 Å². The van der Waals surface area contributed by atoms with Gasteiger partial charge in [0.1, 0.15) is 0 Å². The molecule has 0 aliphatic heterocycles. The molecule has 1 aliphatic carbocycles.